The third-order valence-corrected chi connectivity index (χ3v) is 2.64. The number of hydrogen-bond acceptors (Lipinski definition) is 4. The van der Waals surface area contributed by atoms with E-state index >= 15 is 0 Å². The molecule has 0 spiro atoms. The summed E-state index contributed by atoms with van der Waals surface area (Å²) in [7, 11) is 0. The first-order valence-electron chi connectivity index (χ1n) is 5.78. The maximum absolute atomic E-state index is 13.1. The van der Waals surface area contributed by atoms with Crippen LogP contribution in [0.25, 0.3) is 11.5 Å². The van der Waals surface area contributed by atoms with E-state index in [1.54, 1.807) is 30.6 Å². The Labute approximate surface area is 108 Å². The molecule has 0 aliphatic rings. The number of rotatable bonds is 3. The summed E-state index contributed by atoms with van der Waals surface area (Å²) in [5.41, 5.74) is 1.61. The number of benzene rings is 1. The zero-order chi connectivity index (χ0) is 13.1. The van der Waals surface area contributed by atoms with Crippen LogP contribution in [0.1, 0.15) is 11.5 Å². The van der Waals surface area contributed by atoms with Gasteiger partial charge in [0.25, 0.3) is 0 Å². The van der Waals surface area contributed by atoms with Crippen LogP contribution < -0.4 is 0 Å². The standard InChI is InChI=1S/C14H10FN3O/c15-12-3-1-2-10(8-12)9-13-17-18-14(19-13)11-4-6-16-7-5-11/h1-8H,9H2. The van der Waals surface area contributed by atoms with Crippen molar-refractivity contribution in [1.82, 2.24) is 15.2 Å². The van der Waals surface area contributed by atoms with Crippen molar-refractivity contribution in [3.8, 4) is 11.5 Å². The van der Waals surface area contributed by atoms with Crippen molar-refractivity contribution in [2.75, 3.05) is 0 Å². The summed E-state index contributed by atoms with van der Waals surface area (Å²) in [6.07, 6.45) is 3.73. The average molecular weight is 255 g/mol. The van der Waals surface area contributed by atoms with Gasteiger partial charge < -0.3 is 4.42 Å². The number of hydrogen-bond donors (Lipinski definition) is 0. The van der Waals surface area contributed by atoms with E-state index in [1.807, 2.05) is 6.07 Å². The van der Waals surface area contributed by atoms with E-state index in [0.29, 0.717) is 18.2 Å². The fourth-order valence-electron chi connectivity index (χ4n) is 1.76. The molecular weight excluding hydrogens is 245 g/mol. The molecule has 0 aliphatic heterocycles. The Hall–Kier alpha value is -2.56. The van der Waals surface area contributed by atoms with Gasteiger partial charge >= 0.3 is 0 Å². The number of pyridine rings is 1. The van der Waals surface area contributed by atoms with Crippen LogP contribution in [-0.4, -0.2) is 15.2 Å². The molecular formula is C14H10FN3O. The zero-order valence-corrected chi connectivity index (χ0v) is 9.95. The maximum atomic E-state index is 13.1. The van der Waals surface area contributed by atoms with Crippen molar-refractivity contribution < 1.29 is 8.81 Å². The summed E-state index contributed by atoms with van der Waals surface area (Å²) in [6, 6.07) is 9.92. The van der Waals surface area contributed by atoms with Crippen LogP contribution >= 0.6 is 0 Å². The molecule has 0 fully saturated rings. The lowest BCUT2D eigenvalue weighted by molar-refractivity contribution is 0.517. The molecule has 0 radical (unpaired) electrons. The van der Waals surface area contributed by atoms with Gasteiger partial charge in [-0.25, -0.2) is 4.39 Å². The van der Waals surface area contributed by atoms with E-state index in [1.165, 1.54) is 12.1 Å². The highest BCUT2D eigenvalue weighted by Gasteiger charge is 2.09. The van der Waals surface area contributed by atoms with Crippen LogP contribution in [0.2, 0.25) is 0 Å². The van der Waals surface area contributed by atoms with Crippen LogP contribution in [0.4, 0.5) is 4.39 Å². The highest BCUT2D eigenvalue weighted by molar-refractivity contribution is 5.50. The SMILES string of the molecule is Fc1cccc(Cc2nnc(-c3ccncc3)o2)c1. The quantitative estimate of drug-likeness (QED) is 0.722. The molecule has 0 atom stereocenters. The summed E-state index contributed by atoms with van der Waals surface area (Å²) in [6.45, 7) is 0. The second kappa shape index (κ2) is 4.97. The fourth-order valence-corrected chi connectivity index (χ4v) is 1.76. The summed E-state index contributed by atoms with van der Waals surface area (Å²) < 4.78 is 18.6. The minimum atomic E-state index is -0.272. The van der Waals surface area contributed by atoms with E-state index in [9.17, 15) is 4.39 Å². The van der Waals surface area contributed by atoms with Gasteiger partial charge in [-0.05, 0) is 29.8 Å². The molecule has 19 heavy (non-hydrogen) atoms. The van der Waals surface area contributed by atoms with Gasteiger partial charge in [0.2, 0.25) is 11.8 Å². The molecule has 3 rings (SSSR count). The van der Waals surface area contributed by atoms with Crippen LogP contribution in [-0.2, 0) is 6.42 Å². The Kier molecular flexibility index (Phi) is 3.02. The van der Waals surface area contributed by atoms with E-state index in [-0.39, 0.29) is 5.82 Å². The van der Waals surface area contributed by atoms with Crippen LogP contribution in [0, 0.1) is 5.82 Å². The van der Waals surface area contributed by atoms with Gasteiger partial charge in [-0.3, -0.25) is 4.98 Å². The van der Waals surface area contributed by atoms with E-state index in [0.717, 1.165) is 11.1 Å². The molecule has 2 aromatic heterocycles. The van der Waals surface area contributed by atoms with Crippen LogP contribution in [0.15, 0.2) is 53.2 Å². The molecule has 0 unspecified atom stereocenters. The van der Waals surface area contributed by atoms with Crippen LogP contribution in [0.5, 0.6) is 0 Å². The third kappa shape index (κ3) is 2.65. The predicted molar refractivity (Wildman–Crippen MR) is 66.7 cm³/mol. The molecule has 1 aromatic carbocycles. The molecule has 4 nitrogen and oxygen atoms in total. The number of halogens is 1. The second-order valence-corrected chi connectivity index (χ2v) is 4.04. The van der Waals surface area contributed by atoms with Gasteiger partial charge in [0.15, 0.2) is 0 Å². The van der Waals surface area contributed by atoms with E-state index in [2.05, 4.69) is 15.2 Å². The molecule has 3 aromatic rings. The summed E-state index contributed by atoms with van der Waals surface area (Å²) in [5.74, 6) is 0.623. The molecule has 0 bridgehead atoms. The summed E-state index contributed by atoms with van der Waals surface area (Å²) >= 11 is 0. The van der Waals surface area contributed by atoms with Crippen molar-refractivity contribution >= 4 is 0 Å². The molecule has 0 amide bonds. The molecule has 94 valence electrons. The first-order valence-corrected chi connectivity index (χ1v) is 5.78. The Morgan fingerprint density at radius 2 is 1.89 bits per heavy atom. The maximum Gasteiger partial charge on any atom is 0.247 e. The van der Waals surface area contributed by atoms with Crippen molar-refractivity contribution in [2.45, 2.75) is 6.42 Å². The highest BCUT2D eigenvalue weighted by Crippen LogP contribution is 2.18. The van der Waals surface area contributed by atoms with Gasteiger partial charge in [0.05, 0.1) is 6.42 Å². The van der Waals surface area contributed by atoms with Gasteiger partial charge in [-0.1, -0.05) is 12.1 Å². The van der Waals surface area contributed by atoms with Gasteiger partial charge in [-0.2, -0.15) is 0 Å². The minimum Gasteiger partial charge on any atom is -0.420 e. The summed E-state index contributed by atoms with van der Waals surface area (Å²) in [5, 5.41) is 7.92. The second-order valence-electron chi connectivity index (χ2n) is 4.04. The topological polar surface area (TPSA) is 51.8 Å². The lowest BCUT2D eigenvalue weighted by atomic mass is 10.1. The predicted octanol–water partition coefficient (Wildman–Crippen LogP) is 2.86. The normalized spacial score (nSPS) is 10.6. The largest absolute Gasteiger partial charge is 0.420 e. The monoisotopic (exact) mass is 255 g/mol. The third-order valence-electron chi connectivity index (χ3n) is 2.64. The molecule has 0 saturated heterocycles. The first kappa shape index (κ1) is 11.5. The van der Waals surface area contributed by atoms with Gasteiger partial charge in [0.1, 0.15) is 5.82 Å². The number of aromatic nitrogens is 3. The van der Waals surface area contributed by atoms with E-state index in [4.69, 9.17) is 4.42 Å². The average Bonchev–Trinajstić information content (AvgIpc) is 2.88. The Bertz CT molecular complexity index is 682. The smallest absolute Gasteiger partial charge is 0.247 e. The fraction of sp³-hybridized carbons (Fsp3) is 0.0714. The van der Waals surface area contributed by atoms with Crippen molar-refractivity contribution in [2.24, 2.45) is 0 Å². The first-order chi connectivity index (χ1) is 9.31. The molecule has 0 saturated carbocycles. The van der Waals surface area contributed by atoms with Crippen molar-refractivity contribution in [3.63, 3.8) is 0 Å². The van der Waals surface area contributed by atoms with Gasteiger partial charge in [0, 0.05) is 18.0 Å². The van der Waals surface area contributed by atoms with Crippen LogP contribution in [0.3, 0.4) is 0 Å². The van der Waals surface area contributed by atoms with E-state index < -0.39 is 0 Å². The minimum absolute atomic E-state index is 0.272. The lowest BCUT2D eigenvalue weighted by Crippen LogP contribution is -1.89. The Morgan fingerprint density at radius 1 is 1.05 bits per heavy atom. The highest BCUT2D eigenvalue weighted by atomic mass is 19.1. The zero-order valence-electron chi connectivity index (χ0n) is 9.95. The lowest BCUT2D eigenvalue weighted by Gasteiger charge is -1.96. The van der Waals surface area contributed by atoms with Crippen molar-refractivity contribution in [1.29, 1.82) is 0 Å². The molecule has 5 heteroatoms. The Morgan fingerprint density at radius 3 is 2.68 bits per heavy atom. The Balaban J connectivity index is 1.82. The molecule has 0 N–H and O–H groups in total. The molecule has 0 aliphatic carbocycles. The van der Waals surface area contributed by atoms with Crippen molar-refractivity contribution in [3.05, 3.63) is 66.1 Å². The number of nitrogens with zero attached hydrogens (tertiary/aromatic N) is 3. The molecule has 2 heterocycles. The van der Waals surface area contributed by atoms with Gasteiger partial charge in [-0.15, -0.1) is 10.2 Å². The summed E-state index contributed by atoms with van der Waals surface area (Å²) in [4.78, 5) is 3.92.